The SMILES string of the molecule is CCOc1cc(CNc2ccc(N3CCOCC3)cc2)c(Br)cc1OCc1ccccc1Cl. The Hall–Kier alpha value is -2.41. The molecular weight excluding hydrogens is 504 g/mol. The highest BCUT2D eigenvalue weighted by molar-refractivity contribution is 9.10. The van der Waals surface area contributed by atoms with Crippen molar-refractivity contribution in [1.29, 1.82) is 0 Å². The summed E-state index contributed by atoms with van der Waals surface area (Å²) in [7, 11) is 0. The van der Waals surface area contributed by atoms with E-state index in [-0.39, 0.29) is 0 Å². The van der Waals surface area contributed by atoms with Crippen LogP contribution in [0.3, 0.4) is 0 Å². The van der Waals surface area contributed by atoms with E-state index in [1.165, 1.54) is 5.69 Å². The number of benzene rings is 3. The second-order valence-corrected chi connectivity index (χ2v) is 8.96. The van der Waals surface area contributed by atoms with Gasteiger partial charge in [-0.15, -0.1) is 0 Å². The van der Waals surface area contributed by atoms with Crippen molar-refractivity contribution in [2.45, 2.75) is 20.1 Å². The van der Waals surface area contributed by atoms with Gasteiger partial charge in [0.2, 0.25) is 0 Å². The Morgan fingerprint density at radius 1 is 0.970 bits per heavy atom. The average molecular weight is 532 g/mol. The molecule has 0 aromatic heterocycles. The van der Waals surface area contributed by atoms with Crippen molar-refractivity contribution in [2.75, 3.05) is 43.1 Å². The third kappa shape index (κ3) is 6.34. The van der Waals surface area contributed by atoms with Gasteiger partial charge in [0.25, 0.3) is 0 Å². The molecular formula is C26H28BrClN2O3. The molecule has 1 aliphatic rings. The number of hydrogen-bond acceptors (Lipinski definition) is 5. The van der Waals surface area contributed by atoms with Gasteiger partial charge in [0.05, 0.1) is 19.8 Å². The predicted octanol–water partition coefficient (Wildman–Crippen LogP) is 6.53. The molecule has 1 N–H and O–H groups in total. The maximum atomic E-state index is 6.26. The summed E-state index contributed by atoms with van der Waals surface area (Å²) in [5, 5.41) is 4.19. The summed E-state index contributed by atoms with van der Waals surface area (Å²) < 4.78 is 18.3. The summed E-state index contributed by atoms with van der Waals surface area (Å²) in [6.45, 7) is 6.99. The Bertz CT molecular complexity index is 1060. The van der Waals surface area contributed by atoms with Crippen LogP contribution in [0.4, 0.5) is 11.4 Å². The van der Waals surface area contributed by atoms with E-state index in [4.69, 9.17) is 25.8 Å². The fourth-order valence-electron chi connectivity index (χ4n) is 3.67. The molecule has 33 heavy (non-hydrogen) atoms. The van der Waals surface area contributed by atoms with Crippen LogP contribution in [-0.2, 0) is 17.9 Å². The highest BCUT2D eigenvalue weighted by Crippen LogP contribution is 2.35. The lowest BCUT2D eigenvalue weighted by molar-refractivity contribution is 0.122. The minimum Gasteiger partial charge on any atom is -0.490 e. The largest absolute Gasteiger partial charge is 0.490 e. The zero-order valence-corrected chi connectivity index (χ0v) is 21.0. The monoisotopic (exact) mass is 530 g/mol. The molecule has 1 fully saturated rings. The first-order chi connectivity index (χ1) is 16.1. The van der Waals surface area contributed by atoms with Crippen molar-refractivity contribution in [3.8, 4) is 11.5 Å². The first kappa shape index (κ1) is 23.7. The number of nitrogens with zero attached hydrogens (tertiary/aromatic N) is 1. The van der Waals surface area contributed by atoms with Crippen molar-refractivity contribution < 1.29 is 14.2 Å². The third-order valence-corrected chi connectivity index (χ3v) is 6.59. The molecule has 0 spiro atoms. The van der Waals surface area contributed by atoms with Gasteiger partial charge in [-0.3, -0.25) is 0 Å². The van der Waals surface area contributed by atoms with E-state index in [1.807, 2.05) is 43.3 Å². The maximum absolute atomic E-state index is 6.26. The van der Waals surface area contributed by atoms with Crippen LogP contribution in [0.5, 0.6) is 11.5 Å². The second kappa shape index (κ2) is 11.6. The van der Waals surface area contributed by atoms with E-state index >= 15 is 0 Å². The lowest BCUT2D eigenvalue weighted by Gasteiger charge is -2.29. The Kier molecular flexibility index (Phi) is 8.37. The first-order valence-electron chi connectivity index (χ1n) is 11.1. The predicted molar refractivity (Wildman–Crippen MR) is 138 cm³/mol. The summed E-state index contributed by atoms with van der Waals surface area (Å²) in [6, 6.07) is 20.2. The van der Waals surface area contributed by atoms with Crippen LogP contribution in [-0.4, -0.2) is 32.9 Å². The van der Waals surface area contributed by atoms with Crippen molar-refractivity contribution in [2.24, 2.45) is 0 Å². The molecule has 7 heteroatoms. The minimum atomic E-state index is 0.374. The molecule has 1 saturated heterocycles. The van der Waals surface area contributed by atoms with Crippen LogP contribution in [0.25, 0.3) is 0 Å². The molecule has 5 nitrogen and oxygen atoms in total. The molecule has 0 atom stereocenters. The van der Waals surface area contributed by atoms with Gasteiger partial charge >= 0.3 is 0 Å². The van der Waals surface area contributed by atoms with E-state index in [9.17, 15) is 0 Å². The Morgan fingerprint density at radius 3 is 2.42 bits per heavy atom. The number of morpholine rings is 1. The molecule has 0 unspecified atom stereocenters. The van der Waals surface area contributed by atoms with E-state index < -0.39 is 0 Å². The van der Waals surface area contributed by atoms with Gasteiger partial charge < -0.3 is 24.4 Å². The van der Waals surface area contributed by atoms with Crippen LogP contribution in [0.2, 0.25) is 5.02 Å². The molecule has 0 radical (unpaired) electrons. The van der Waals surface area contributed by atoms with Gasteiger partial charge in [0.1, 0.15) is 6.61 Å². The molecule has 3 aromatic rings. The van der Waals surface area contributed by atoms with Crippen LogP contribution in [0.15, 0.2) is 65.1 Å². The van der Waals surface area contributed by atoms with Crippen LogP contribution in [0.1, 0.15) is 18.1 Å². The molecule has 0 aliphatic carbocycles. The lowest BCUT2D eigenvalue weighted by Crippen LogP contribution is -2.36. The van der Waals surface area contributed by atoms with Crippen molar-refractivity contribution >= 4 is 38.9 Å². The number of hydrogen-bond donors (Lipinski definition) is 1. The molecule has 0 bridgehead atoms. The Morgan fingerprint density at radius 2 is 1.70 bits per heavy atom. The second-order valence-electron chi connectivity index (χ2n) is 7.70. The van der Waals surface area contributed by atoms with Gasteiger partial charge in [0, 0.05) is 46.1 Å². The number of ether oxygens (including phenoxy) is 3. The number of anilines is 2. The van der Waals surface area contributed by atoms with E-state index in [2.05, 4.69) is 50.4 Å². The fourth-order valence-corrected chi connectivity index (χ4v) is 4.33. The molecule has 3 aromatic carbocycles. The minimum absolute atomic E-state index is 0.374. The van der Waals surface area contributed by atoms with E-state index in [0.29, 0.717) is 36.3 Å². The third-order valence-electron chi connectivity index (χ3n) is 5.48. The van der Waals surface area contributed by atoms with E-state index in [1.54, 1.807) is 0 Å². The van der Waals surface area contributed by atoms with Crippen LogP contribution in [0, 0.1) is 0 Å². The molecule has 0 saturated carbocycles. The lowest BCUT2D eigenvalue weighted by atomic mass is 10.2. The standard InChI is InChI=1S/C26H28BrClN2O3/c1-2-32-25-15-20(23(27)16-26(25)33-18-19-5-3-4-6-24(19)28)17-29-21-7-9-22(10-8-21)30-11-13-31-14-12-30/h3-10,15-16,29H,2,11-14,17-18H2,1H3. The van der Waals surface area contributed by atoms with Gasteiger partial charge in [-0.25, -0.2) is 0 Å². The molecule has 1 aliphatic heterocycles. The topological polar surface area (TPSA) is 43.0 Å². The molecule has 0 amide bonds. The van der Waals surface area contributed by atoms with Crippen molar-refractivity contribution in [3.05, 3.63) is 81.3 Å². The zero-order valence-electron chi connectivity index (χ0n) is 18.7. The highest BCUT2D eigenvalue weighted by atomic mass is 79.9. The van der Waals surface area contributed by atoms with Crippen molar-refractivity contribution in [3.63, 3.8) is 0 Å². The van der Waals surface area contributed by atoms with Gasteiger partial charge in [-0.05, 0) is 55.0 Å². The molecule has 4 rings (SSSR count). The first-order valence-corrected chi connectivity index (χ1v) is 12.3. The molecule has 1 heterocycles. The number of halogens is 2. The normalized spacial score (nSPS) is 13.6. The average Bonchev–Trinajstić information content (AvgIpc) is 2.85. The summed E-state index contributed by atoms with van der Waals surface area (Å²) >= 11 is 9.95. The Balaban J connectivity index is 1.42. The number of rotatable bonds is 9. The smallest absolute Gasteiger partial charge is 0.162 e. The summed E-state index contributed by atoms with van der Waals surface area (Å²) in [6.07, 6.45) is 0. The maximum Gasteiger partial charge on any atom is 0.162 e. The highest BCUT2D eigenvalue weighted by Gasteiger charge is 2.13. The summed E-state index contributed by atoms with van der Waals surface area (Å²) in [4.78, 5) is 2.35. The van der Waals surface area contributed by atoms with Gasteiger partial charge in [0.15, 0.2) is 11.5 Å². The molecule has 174 valence electrons. The quantitative estimate of drug-likeness (QED) is 0.340. The fraction of sp³-hybridized carbons (Fsp3) is 0.308. The van der Waals surface area contributed by atoms with Gasteiger partial charge in [-0.2, -0.15) is 0 Å². The van der Waals surface area contributed by atoms with E-state index in [0.717, 1.165) is 47.6 Å². The summed E-state index contributed by atoms with van der Waals surface area (Å²) in [5.41, 5.74) is 4.31. The summed E-state index contributed by atoms with van der Waals surface area (Å²) in [5.74, 6) is 1.40. The number of nitrogens with one attached hydrogen (secondary N) is 1. The van der Waals surface area contributed by atoms with Crippen LogP contribution < -0.4 is 19.7 Å². The van der Waals surface area contributed by atoms with Crippen molar-refractivity contribution in [1.82, 2.24) is 0 Å². The Labute approximate surface area is 208 Å². The van der Waals surface area contributed by atoms with Gasteiger partial charge in [-0.1, -0.05) is 45.7 Å². The van der Waals surface area contributed by atoms with Crippen LogP contribution >= 0.6 is 27.5 Å². The zero-order chi connectivity index (χ0) is 23.0.